The topological polar surface area (TPSA) is 29.9 Å². The molecule has 3 rings (SSSR count). The molecule has 1 aromatic carbocycles. The van der Waals surface area contributed by atoms with E-state index in [0.717, 1.165) is 13.1 Å². The van der Waals surface area contributed by atoms with Crippen molar-refractivity contribution in [2.45, 2.75) is 19.4 Å². The Kier molecular flexibility index (Phi) is 2.69. The van der Waals surface area contributed by atoms with E-state index in [4.69, 9.17) is 0 Å². The van der Waals surface area contributed by atoms with E-state index >= 15 is 0 Å². The second kappa shape index (κ2) is 4.34. The van der Waals surface area contributed by atoms with E-state index in [-0.39, 0.29) is 0 Å². The zero-order valence-corrected chi connectivity index (χ0v) is 10.1. The Balaban J connectivity index is 2.04. The van der Waals surface area contributed by atoms with Gasteiger partial charge in [0.25, 0.3) is 0 Å². The van der Waals surface area contributed by atoms with Crippen LogP contribution in [0.15, 0.2) is 36.8 Å². The molecule has 0 saturated carbocycles. The van der Waals surface area contributed by atoms with E-state index in [1.807, 2.05) is 12.5 Å². The lowest BCUT2D eigenvalue weighted by molar-refractivity contribution is 0.551. The molecule has 1 fully saturated rings. The smallest absolute Gasteiger partial charge is 0.0954 e. The third kappa shape index (κ3) is 1.87. The van der Waals surface area contributed by atoms with Crippen molar-refractivity contribution in [2.75, 3.05) is 13.1 Å². The molecule has 0 bridgehead atoms. The maximum Gasteiger partial charge on any atom is 0.0954 e. The van der Waals surface area contributed by atoms with Gasteiger partial charge >= 0.3 is 0 Å². The molecule has 1 atom stereocenters. The number of nitrogens with zero attached hydrogens (tertiary/aromatic N) is 2. The van der Waals surface area contributed by atoms with E-state index in [1.165, 1.54) is 23.2 Å². The predicted molar refractivity (Wildman–Crippen MR) is 68.9 cm³/mol. The van der Waals surface area contributed by atoms with Gasteiger partial charge in [0.2, 0.25) is 0 Å². The first-order valence-corrected chi connectivity index (χ1v) is 6.15. The summed E-state index contributed by atoms with van der Waals surface area (Å²) in [6, 6.07) is 9.04. The Labute approximate surface area is 101 Å². The largest absolute Gasteiger partial charge is 0.326 e. The number of hydrogen-bond donors (Lipinski definition) is 1. The standard InChI is InChI=1S/C14H17N3/c1-11-4-2-3-5-13(11)14-9-16-10-17(14)12-6-7-15-8-12/h2-5,9-10,12,15H,6-8H2,1H3. The van der Waals surface area contributed by atoms with Gasteiger partial charge in [-0.25, -0.2) is 4.98 Å². The van der Waals surface area contributed by atoms with Crippen LogP contribution < -0.4 is 5.32 Å². The third-order valence-corrected chi connectivity index (χ3v) is 3.51. The Hall–Kier alpha value is -1.61. The minimum atomic E-state index is 0.548. The molecule has 0 amide bonds. The van der Waals surface area contributed by atoms with Gasteiger partial charge in [-0.3, -0.25) is 0 Å². The Morgan fingerprint density at radius 3 is 3.00 bits per heavy atom. The Morgan fingerprint density at radius 1 is 1.35 bits per heavy atom. The average Bonchev–Trinajstić information content (AvgIpc) is 3.00. The fraction of sp³-hybridized carbons (Fsp3) is 0.357. The molecular weight excluding hydrogens is 210 g/mol. The highest BCUT2D eigenvalue weighted by Crippen LogP contribution is 2.27. The van der Waals surface area contributed by atoms with E-state index in [2.05, 4.69) is 46.1 Å². The fourth-order valence-electron chi connectivity index (χ4n) is 2.54. The molecule has 1 N–H and O–H groups in total. The summed E-state index contributed by atoms with van der Waals surface area (Å²) in [5.74, 6) is 0. The molecule has 2 heterocycles. The van der Waals surface area contributed by atoms with Crippen molar-refractivity contribution >= 4 is 0 Å². The molecule has 17 heavy (non-hydrogen) atoms. The number of imidazole rings is 1. The highest BCUT2D eigenvalue weighted by Gasteiger charge is 2.19. The van der Waals surface area contributed by atoms with Gasteiger partial charge in [-0.1, -0.05) is 24.3 Å². The van der Waals surface area contributed by atoms with Gasteiger partial charge in [0.05, 0.1) is 18.2 Å². The number of rotatable bonds is 2. The van der Waals surface area contributed by atoms with Crippen molar-refractivity contribution in [3.8, 4) is 11.3 Å². The monoisotopic (exact) mass is 227 g/mol. The van der Waals surface area contributed by atoms with Crippen molar-refractivity contribution in [2.24, 2.45) is 0 Å². The summed E-state index contributed by atoms with van der Waals surface area (Å²) in [6.07, 6.45) is 5.12. The maximum atomic E-state index is 4.32. The van der Waals surface area contributed by atoms with E-state index < -0.39 is 0 Å². The molecule has 1 aliphatic heterocycles. The quantitative estimate of drug-likeness (QED) is 0.853. The second-order valence-corrected chi connectivity index (χ2v) is 4.65. The summed E-state index contributed by atoms with van der Waals surface area (Å²) in [4.78, 5) is 4.32. The summed E-state index contributed by atoms with van der Waals surface area (Å²) >= 11 is 0. The summed E-state index contributed by atoms with van der Waals surface area (Å²) in [5.41, 5.74) is 3.83. The van der Waals surface area contributed by atoms with Crippen LogP contribution in [0.5, 0.6) is 0 Å². The molecule has 1 unspecified atom stereocenters. The average molecular weight is 227 g/mol. The minimum Gasteiger partial charge on any atom is -0.326 e. The first kappa shape index (κ1) is 10.5. The number of hydrogen-bond acceptors (Lipinski definition) is 2. The molecule has 3 heteroatoms. The zero-order chi connectivity index (χ0) is 11.7. The third-order valence-electron chi connectivity index (χ3n) is 3.51. The molecule has 1 aliphatic rings. The lowest BCUT2D eigenvalue weighted by Crippen LogP contribution is -2.13. The molecule has 1 saturated heterocycles. The van der Waals surface area contributed by atoms with Crippen LogP contribution in [0.3, 0.4) is 0 Å². The number of nitrogens with one attached hydrogen (secondary N) is 1. The number of aryl methyl sites for hydroxylation is 1. The molecule has 0 spiro atoms. The van der Waals surface area contributed by atoms with Crippen LogP contribution in [0.4, 0.5) is 0 Å². The van der Waals surface area contributed by atoms with Crippen LogP contribution in [-0.4, -0.2) is 22.6 Å². The van der Waals surface area contributed by atoms with E-state index in [9.17, 15) is 0 Å². The summed E-state index contributed by atoms with van der Waals surface area (Å²) < 4.78 is 2.31. The van der Waals surface area contributed by atoms with Crippen LogP contribution in [-0.2, 0) is 0 Å². The van der Waals surface area contributed by atoms with Crippen LogP contribution in [0.25, 0.3) is 11.3 Å². The molecule has 0 aliphatic carbocycles. The first-order chi connectivity index (χ1) is 8.36. The molecule has 1 aromatic heterocycles. The lowest BCUT2D eigenvalue weighted by atomic mass is 10.1. The maximum absolute atomic E-state index is 4.32. The van der Waals surface area contributed by atoms with Crippen LogP contribution in [0.1, 0.15) is 18.0 Å². The summed E-state index contributed by atoms with van der Waals surface area (Å²) in [7, 11) is 0. The van der Waals surface area contributed by atoms with Gasteiger partial charge in [-0.15, -0.1) is 0 Å². The SMILES string of the molecule is Cc1ccccc1-c1cncn1C1CCNC1. The van der Waals surface area contributed by atoms with Gasteiger partial charge in [0, 0.05) is 18.2 Å². The van der Waals surface area contributed by atoms with Gasteiger partial charge in [-0.2, -0.15) is 0 Å². The highest BCUT2D eigenvalue weighted by molar-refractivity contribution is 5.63. The highest BCUT2D eigenvalue weighted by atomic mass is 15.1. The predicted octanol–water partition coefficient (Wildman–Crippen LogP) is 2.39. The van der Waals surface area contributed by atoms with Crippen molar-refractivity contribution in [1.82, 2.24) is 14.9 Å². The van der Waals surface area contributed by atoms with Gasteiger partial charge in [0.15, 0.2) is 0 Å². The number of benzene rings is 1. The van der Waals surface area contributed by atoms with Crippen LogP contribution >= 0.6 is 0 Å². The summed E-state index contributed by atoms with van der Waals surface area (Å²) in [6.45, 7) is 4.31. The van der Waals surface area contributed by atoms with Crippen LogP contribution in [0, 0.1) is 6.92 Å². The van der Waals surface area contributed by atoms with Gasteiger partial charge in [0.1, 0.15) is 0 Å². The van der Waals surface area contributed by atoms with Crippen molar-refractivity contribution in [1.29, 1.82) is 0 Å². The van der Waals surface area contributed by atoms with Crippen LogP contribution in [0.2, 0.25) is 0 Å². The Bertz CT molecular complexity index is 510. The van der Waals surface area contributed by atoms with Crippen molar-refractivity contribution < 1.29 is 0 Å². The molecule has 2 aromatic rings. The zero-order valence-electron chi connectivity index (χ0n) is 10.1. The Morgan fingerprint density at radius 2 is 2.24 bits per heavy atom. The number of aromatic nitrogens is 2. The minimum absolute atomic E-state index is 0.548. The van der Waals surface area contributed by atoms with E-state index in [1.54, 1.807) is 0 Å². The normalized spacial score (nSPS) is 19.7. The van der Waals surface area contributed by atoms with Crippen molar-refractivity contribution in [3.05, 3.63) is 42.4 Å². The molecule has 88 valence electrons. The fourth-order valence-corrected chi connectivity index (χ4v) is 2.54. The second-order valence-electron chi connectivity index (χ2n) is 4.65. The summed E-state index contributed by atoms with van der Waals surface area (Å²) in [5, 5.41) is 3.41. The molecule has 3 nitrogen and oxygen atoms in total. The first-order valence-electron chi connectivity index (χ1n) is 6.15. The van der Waals surface area contributed by atoms with E-state index in [0.29, 0.717) is 6.04 Å². The van der Waals surface area contributed by atoms with Gasteiger partial charge in [-0.05, 0) is 25.5 Å². The van der Waals surface area contributed by atoms with Gasteiger partial charge < -0.3 is 9.88 Å². The lowest BCUT2D eigenvalue weighted by Gasteiger charge is -2.15. The molecular formula is C14H17N3. The van der Waals surface area contributed by atoms with Crippen molar-refractivity contribution in [3.63, 3.8) is 0 Å². The molecule has 0 radical (unpaired) electrons.